The summed E-state index contributed by atoms with van der Waals surface area (Å²) in [6, 6.07) is 14.4. The van der Waals surface area contributed by atoms with Gasteiger partial charge in [0.05, 0.1) is 16.8 Å². The van der Waals surface area contributed by atoms with E-state index in [1.54, 1.807) is 11.3 Å². The molecule has 1 aromatic heterocycles. The number of aromatic nitrogens is 1. The van der Waals surface area contributed by atoms with Gasteiger partial charge in [-0.3, -0.25) is 10.3 Å². The van der Waals surface area contributed by atoms with Gasteiger partial charge >= 0.3 is 0 Å². The van der Waals surface area contributed by atoms with Crippen LogP contribution in [0.25, 0.3) is 10.2 Å². The number of nitrogen functional groups attached to an aromatic ring is 1. The van der Waals surface area contributed by atoms with Crippen LogP contribution in [0.5, 0.6) is 0 Å². The molecule has 4 N–H and O–H groups in total. The van der Waals surface area contributed by atoms with E-state index in [0.717, 1.165) is 61.7 Å². The molecule has 0 atom stereocenters. The third-order valence-electron chi connectivity index (χ3n) is 5.08. The van der Waals surface area contributed by atoms with Gasteiger partial charge in [-0.25, -0.2) is 4.98 Å². The average Bonchev–Trinajstić information content (AvgIpc) is 3.11. The zero-order valence-corrected chi connectivity index (χ0v) is 16.9. The summed E-state index contributed by atoms with van der Waals surface area (Å²) in [4.78, 5) is 9.56. The van der Waals surface area contributed by atoms with Crippen molar-refractivity contribution in [3.63, 3.8) is 0 Å². The van der Waals surface area contributed by atoms with Crippen LogP contribution in [0.4, 0.5) is 11.4 Å². The molecule has 0 aliphatic carbocycles. The highest BCUT2D eigenvalue weighted by Crippen LogP contribution is 2.27. The predicted octanol–water partition coefficient (Wildman–Crippen LogP) is 3.33. The van der Waals surface area contributed by atoms with Gasteiger partial charge in [0.15, 0.2) is 0 Å². The zero-order valence-electron chi connectivity index (χ0n) is 16.1. The van der Waals surface area contributed by atoms with Crippen LogP contribution in [0.15, 0.2) is 42.5 Å². The molecule has 1 aliphatic heterocycles. The second-order valence-corrected chi connectivity index (χ2v) is 8.13. The number of hydrogen-bond donors (Lipinski definition) is 3. The molecule has 7 heteroatoms. The van der Waals surface area contributed by atoms with E-state index in [0.29, 0.717) is 0 Å². The van der Waals surface area contributed by atoms with E-state index >= 15 is 0 Å². The van der Waals surface area contributed by atoms with Crippen LogP contribution in [0.1, 0.15) is 17.5 Å². The number of nitrogens with zero attached hydrogens (tertiary/aromatic N) is 3. The minimum atomic E-state index is 0.120. The molecule has 0 radical (unpaired) electrons. The number of nitrogens with two attached hydrogens (primary N) is 1. The number of para-hydroxylation sites is 1. The summed E-state index contributed by atoms with van der Waals surface area (Å²) < 4.78 is 1.25. The second-order valence-electron chi connectivity index (χ2n) is 7.01. The molecule has 1 aliphatic rings. The van der Waals surface area contributed by atoms with Gasteiger partial charge in [-0.15, -0.1) is 11.3 Å². The highest BCUT2D eigenvalue weighted by atomic mass is 32.1. The topological polar surface area (TPSA) is 81.3 Å². The van der Waals surface area contributed by atoms with E-state index in [-0.39, 0.29) is 5.84 Å². The van der Waals surface area contributed by atoms with E-state index in [4.69, 9.17) is 16.1 Å². The molecule has 28 heavy (non-hydrogen) atoms. The SMILES string of the molecule is CCNc1ccc(C(=N)N)c(N2CCN(Cc3nc4ccccc4s3)CC2)c1. The van der Waals surface area contributed by atoms with Crippen molar-refractivity contribution >= 4 is 38.8 Å². The fourth-order valence-electron chi connectivity index (χ4n) is 3.66. The van der Waals surface area contributed by atoms with Crippen molar-refractivity contribution < 1.29 is 0 Å². The lowest BCUT2D eigenvalue weighted by Crippen LogP contribution is -2.46. The Hall–Kier alpha value is -2.64. The van der Waals surface area contributed by atoms with Gasteiger partial charge in [-0.2, -0.15) is 0 Å². The van der Waals surface area contributed by atoms with Gasteiger partial charge < -0.3 is 16.0 Å². The van der Waals surface area contributed by atoms with E-state index in [1.165, 1.54) is 9.71 Å². The molecule has 0 bridgehead atoms. The highest BCUT2D eigenvalue weighted by Gasteiger charge is 2.21. The summed E-state index contributed by atoms with van der Waals surface area (Å²) in [7, 11) is 0. The standard InChI is InChI=1S/C21H26N6S/c1-2-24-15-7-8-16(21(22)23)18(13-15)27-11-9-26(10-12-27)14-20-25-17-5-3-4-6-19(17)28-20/h3-8,13,24H,2,9-12,14H2,1H3,(H3,22,23). The quantitative estimate of drug-likeness (QED) is 0.441. The van der Waals surface area contributed by atoms with Crippen LogP contribution >= 0.6 is 11.3 Å². The summed E-state index contributed by atoms with van der Waals surface area (Å²) in [5, 5.41) is 12.4. The molecular weight excluding hydrogens is 368 g/mol. The van der Waals surface area contributed by atoms with Gasteiger partial charge in [0.25, 0.3) is 0 Å². The Morgan fingerprint density at radius 1 is 1.18 bits per heavy atom. The van der Waals surface area contributed by atoms with Gasteiger partial charge in [0.1, 0.15) is 10.8 Å². The Balaban J connectivity index is 1.44. The van der Waals surface area contributed by atoms with Crippen LogP contribution in [0, 0.1) is 5.41 Å². The molecule has 0 amide bonds. The fourth-order valence-corrected chi connectivity index (χ4v) is 4.67. The number of benzene rings is 2. The lowest BCUT2D eigenvalue weighted by molar-refractivity contribution is 0.249. The second kappa shape index (κ2) is 8.16. The van der Waals surface area contributed by atoms with E-state index < -0.39 is 0 Å². The Labute approximate surface area is 169 Å². The first-order chi connectivity index (χ1) is 13.6. The first-order valence-electron chi connectivity index (χ1n) is 9.68. The molecule has 3 aromatic rings. The molecule has 146 valence electrons. The maximum atomic E-state index is 7.92. The Kier molecular flexibility index (Phi) is 5.45. The van der Waals surface area contributed by atoms with Gasteiger partial charge in [-0.05, 0) is 37.3 Å². The van der Waals surface area contributed by atoms with Crippen LogP contribution in [0.3, 0.4) is 0 Å². The minimum absolute atomic E-state index is 0.120. The normalized spacial score (nSPS) is 15.1. The number of fused-ring (bicyclic) bond motifs is 1. The molecular formula is C21H26N6S. The van der Waals surface area contributed by atoms with Crippen LogP contribution in [0.2, 0.25) is 0 Å². The Morgan fingerprint density at radius 3 is 2.68 bits per heavy atom. The summed E-state index contributed by atoms with van der Waals surface area (Å²) in [5.74, 6) is 0.120. The first kappa shape index (κ1) is 18.7. The number of nitrogens with one attached hydrogen (secondary N) is 2. The maximum absolute atomic E-state index is 7.92. The molecule has 1 fully saturated rings. The largest absolute Gasteiger partial charge is 0.385 e. The van der Waals surface area contributed by atoms with Gasteiger partial charge in [-0.1, -0.05) is 12.1 Å². The maximum Gasteiger partial charge on any atom is 0.124 e. The molecule has 0 unspecified atom stereocenters. The Bertz CT molecular complexity index is 941. The van der Waals surface area contributed by atoms with Crippen molar-refractivity contribution in [1.82, 2.24) is 9.88 Å². The van der Waals surface area contributed by atoms with E-state index in [2.05, 4.69) is 46.3 Å². The Morgan fingerprint density at radius 2 is 1.96 bits per heavy atom. The minimum Gasteiger partial charge on any atom is -0.385 e. The van der Waals surface area contributed by atoms with E-state index in [1.807, 2.05) is 18.2 Å². The number of piperazine rings is 1. The monoisotopic (exact) mass is 394 g/mol. The van der Waals surface area contributed by atoms with Crippen LogP contribution in [-0.2, 0) is 6.54 Å². The summed E-state index contributed by atoms with van der Waals surface area (Å²) in [6.07, 6.45) is 0. The predicted molar refractivity (Wildman–Crippen MR) is 119 cm³/mol. The summed E-state index contributed by atoms with van der Waals surface area (Å²) in [6.45, 7) is 7.62. The molecule has 1 saturated heterocycles. The zero-order chi connectivity index (χ0) is 19.5. The number of hydrogen-bond acceptors (Lipinski definition) is 6. The number of rotatable bonds is 6. The third-order valence-corrected chi connectivity index (χ3v) is 6.10. The van der Waals surface area contributed by atoms with Crippen molar-refractivity contribution in [1.29, 1.82) is 5.41 Å². The summed E-state index contributed by atoms with van der Waals surface area (Å²) >= 11 is 1.78. The van der Waals surface area contributed by atoms with Crippen molar-refractivity contribution in [2.45, 2.75) is 13.5 Å². The molecule has 0 spiro atoms. The molecule has 4 rings (SSSR count). The van der Waals surface area contributed by atoms with Gasteiger partial charge in [0.2, 0.25) is 0 Å². The van der Waals surface area contributed by atoms with E-state index in [9.17, 15) is 0 Å². The average molecular weight is 395 g/mol. The van der Waals surface area contributed by atoms with Crippen molar-refractivity contribution in [2.75, 3.05) is 42.9 Å². The van der Waals surface area contributed by atoms with Crippen molar-refractivity contribution in [2.24, 2.45) is 5.73 Å². The molecule has 2 heterocycles. The third kappa shape index (κ3) is 3.95. The van der Waals surface area contributed by atoms with Gasteiger partial charge in [0, 0.05) is 49.7 Å². The van der Waals surface area contributed by atoms with Crippen LogP contribution in [-0.4, -0.2) is 48.4 Å². The van der Waals surface area contributed by atoms with Crippen molar-refractivity contribution in [3.05, 3.63) is 53.0 Å². The smallest absolute Gasteiger partial charge is 0.124 e. The number of anilines is 2. The lowest BCUT2D eigenvalue weighted by Gasteiger charge is -2.36. The fraction of sp³-hybridized carbons (Fsp3) is 0.333. The van der Waals surface area contributed by atoms with Crippen LogP contribution < -0.4 is 16.0 Å². The molecule has 0 saturated carbocycles. The summed E-state index contributed by atoms with van der Waals surface area (Å²) in [5.41, 5.74) is 9.84. The lowest BCUT2D eigenvalue weighted by atomic mass is 10.1. The first-order valence-corrected chi connectivity index (χ1v) is 10.5. The number of thiazole rings is 1. The molecule has 6 nitrogen and oxygen atoms in total. The molecule has 2 aromatic carbocycles. The number of amidine groups is 1. The van der Waals surface area contributed by atoms with Crippen molar-refractivity contribution in [3.8, 4) is 0 Å². The highest BCUT2D eigenvalue weighted by molar-refractivity contribution is 7.18.